The van der Waals surface area contributed by atoms with E-state index in [0.29, 0.717) is 10.6 Å². The maximum Gasteiger partial charge on any atom is 0.296 e. The van der Waals surface area contributed by atoms with Crippen molar-refractivity contribution in [3.63, 3.8) is 0 Å². The molecule has 3 rings (SSSR count). The molecule has 1 aromatic rings. The minimum absolute atomic E-state index is 0.0815. The molecular weight excluding hydrogens is 441 g/mol. The molecule has 1 N–H and O–H groups in total. The van der Waals surface area contributed by atoms with Gasteiger partial charge in [-0.05, 0) is 62.1 Å². The van der Waals surface area contributed by atoms with Crippen LogP contribution in [-0.2, 0) is 17.8 Å². The Kier molecular flexibility index (Phi) is 8.31. The van der Waals surface area contributed by atoms with Gasteiger partial charge in [0, 0.05) is 41.2 Å². The van der Waals surface area contributed by atoms with E-state index >= 15 is 0 Å². The summed E-state index contributed by atoms with van der Waals surface area (Å²) in [6, 6.07) is 6.50. The molecule has 0 aliphatic heterocycles. The molecule has 0 atom stereocenters. The zero-order chi connectivity index (χ0) is 22.4. The van der Waals surface area contributed by atoms with E-state index in [1.165, 1.54) is 18.9 Å². The average molecular weight is 465 g/mol. The van der Waals surface area contributed by atoms with Crippen molar-refractivity contribution in [2.45, 2.75) is 44.7 Å². The lowest BCUT2D eigenvalue weighted by Crippen LogP contribution is -2.23. The van der Waals surface area contributed by atoms with Crippen molar-refractivity contribution < 1.29 is 13.6 Å². The summed E-state index contributed by atoms with van der Waals surface area (Å²) in [5.41, 5.74) is 2.20. The summed E-state index contributed by atoms with van der Waals surface area (Å²) in [5, 5.41) is 3.49. The number of rotatable bonds is 7. The van der Waals surface area contributed by atoms with Crippen LogP contribution in [0.5, 0.6) is 0 Å². The maximum absolute atomic E-state index is 12.8. The van der Waals surface area contributed by atoms with Crippen LogP contribution in [0.1, 0.15) is 30.4 Å². The van der Waals surface area contributed by atoms with Crippen LogP contribution < -0.4 is 5.32 Å². The first-order chi connectivity index (χ1) is 14.8. The van der Waals surface area contributed by atoms with Gasteiger partial charge in [-0.1, -0.05) is 47.3 Å². The predicted molar refractivity (Wildman–Crippen MR) is 121 cm³/mol. The Morgan fingerprint density at radius 1 is 1.32 bits per heavy atom. The first-order valence-electron chi connectivity index (χ1n) is 10.2. The first kappa shape index (κ1) is 23.5. The molecule has 0 unspecified atom stereocenters. The standard InChI is InChI=1S/C24H24Cl2F2N2O/c1-30(20-8-9-20)12-11-18-6-5-16(13-21(18)25)15-29-23(31)10-7-17-3-2-4-19(24(27)28)14-22(17)26/h2-3,5-6,13-14,20,24H,4,8-9,11-12,15H2,1H3,(H,29,31). The Balaban J connectivity index is 1.54. The minimum atomic E-state index is -2.58. The average Bonchev–Trinajstić information content (AvgIpc) is 3.58. The van der Waals surface area contributed by atoms with Gasteiger partial charge in [-0.15, -0.1) is 0 Å². The molecule has 0 saturated heterocycles. The number of hydrogen-bond acceptors (Lipinski definition) is 2. The van der Waals surface area contributed by atoms with Crippen LogP contribution in [0.3, 0.4) is 0 Å². The van der Waals surface area contributed by atoms with Crippen LogP contribution in [-0.4, -0.2) is 36.9 Å². The Morgan fingerprint density at radius 3 is 2.77 bits per heavy atom. The lowest BCUT2D eigenvalue weighted by Gasteiger charge is -2.16. The molecule has 1 fully saturated rings. The van der Waals surface area contributed by atoms with Crippen LogP contribution in [0, 0.1) is 11.8 Å². The van der Waals surface area contributed by atoms with Crippen molar-refractivity contribution in [3.8, 4) is 11.8 Å². The van der Waals surface area contributed by atoms with E-state index in [1.807, 2.05) is 18.2 Å². The van der Waals surface area contributed by atoms with Gasteiger partial charge in [0.15, 0.2) is 0 Å². The Morgan fingerprint density at radius 2 is 2.10 bits per heavy atom. The second-order valence-corrected chi connectivity index (χ2v) is 8.52. The van der Waals surface area contributed by atoms with Crippen molar-refractivity contribution in [1.29, 1.82) is 0 Å². The van der Waals surface area contributed by atoms with Gasteiger partial charge >= 0.3 is 0 Å². The molecule has 0 heterocycles. The van der Waals surface area contributed by atoms with Crippen molar-refractivity contribution in [1.82, 2.24) is 10.2 Å². The van der Waals surface area contributed by atoms with Crippen molar-refractivity contribution in [2.24, 2.45) is 0 Å². The highest BCUT2D eigenvalue weighted by Crippen LogP contribution is 2.26. The highest BCUT2D eigenvalue weighted by atomic mass is 35.5. The zero-order valence-corrected chi connectivity index (χ0v) is 18.7. The van der Waals surface area contributed by atoms with Crippen LogP contribution in [0.25, 0.3) is 0 Å². The molecule has 0 bridgehead atoms. The van der Waals surface area contributed by atoms with E-state index in [0.717, 1.165) is 30.1 Å². The number of amides is 1. The quantitative estimate of drug-likeness (QED) is 0.559. The Labute approximate surface area is 191 Å². The normalized spacial score (nSPS) is 16.2. The molecule has 0 spiro atoms. The largest absolute Gasteiger partial charge is 0.341 e. The lowest BCUT2D eigenvalue weighted by atomic mass is 10.1. The third-order valence-electron chi connectivity index (χ3n) is 5.27. The monoisotopic (exact) mass is 464 g/mol. The molecule has 31 heavy (non-hydrogen) atoms. The molecule has 7 heteroatoms. The fourth-order valence-corrected chi connectivity index (χ4v) is 3.74. The van der Waals surface area contributed by atoms with Crippen molar-refractivity contribution in [3.05, 3.63) is 68.8 Å². The molecule has 3 nitrogen and oxygen atoms in total. The van der Waals surface area contributed by atoms with Gasteiger partial charge in [-0.3, -0.25) is 4.79 Å². The van der Waals surface area contributed by atoms with Crippen LogP contribution in [0.2, 0.25) is 5.02 Å². The van der Waals surface area contributed by atoms with E-state index in [4.69, 9.17) is 23.2 Å². The highest BCUT2D eigenvalue weighted by Gasteiger charge is 2.25. The summed E-state index contributed by atoms with van der Waals surface area (Å²) < 4.78 is 25.7. The molecular formula is C24H24Cl2F2N2O. The second kappa shape index (κ2) is 10.9. The SMILES string of the molecule is CN(CCc1ccc(CNC(=O)C#CC2=C(Cl)C=C(C(F)F)CC=C2)cc1Cl)C1CC1. The molecule has 1 aromatic carbocycles. The topological polar surface area (TPSA) is 32.3 Å². The van der Waals surface area contributed by atoms with E-state index in [9.17, 15) is 13.6 Å². The molecule has 1 saturated carbocycles. The number of likely N-dealkylation sites (N-methyl/N-ethyl adjacent to an activating group) is 1. The number of nitrogens with one attached hydrogen (secondary N) is 1. The van der Waals surface area contributed by atoms with Gasteiger partial charge in [0.1, 0.15) is 0 Å². The van der Waals surface area contributed by atoms with Crippen LogP contribution in [0.4, 0.5) is 8.78 Å². The fourth-order valence-electron chi connectivity index (χ4n) is 3.19. The molecule has 2 aliphatic rings. The summed E-state index contributed by atoms with van der Waals surface area (Å²) in [5.74, 6) is 4.61. The highest BCUT2D eigenvalue weighted by molar-refractivity contribution is 6.32. The molecule has 0 aromatic heterocycles. The number of carbonyl (C=O) groups excluding carboxylic acids is 1. The zero-order valence-electron chi connectivity index (χ0n) is 17.2. The van der Waals surface area contributed by atoms with E-state index in [1.54, 1.807) is 12.2 Å². The number of carbonyl (C=O) groups is 1. The van der Waals surface area contributed by atoms with Gasteiger partial charge in [0.05, 0.1) is 5.03 Å². The van der Waals surface area contributed by atoms with E-state index < -0.39 is 12.3 Å². The van der Waals surface area contributed by atoms with Gasteiger partial charge in [0.25, 0.3) is 12.3 Å². The second-order valence-electron chi connectivity index (χ2n) is 7.71. The number of allylic oxidation sites excluding steroid dienone is 6. The van der Waals surface area contributed by atoms with E-state index in [-0.39, 0.29) is 23.6 Å². The predicted octanol–water partition coefficient (Wildman–Crippen LogP) is 5.24. The van der Waals surface area contributed by atoms with Gasteiger partial charge in [0.2, 0.25) is 0 Å². The molecule has 2 aliphatic carbocycles. The van der Waals surface area contributed by atoms with Crippen molar-refractivity contribution >= 4 is 29.1 Å². The number of benzene rings is 1. The summed E-state index contributed by atoms with van der Waals surface area (Å²) in [6.07, 6.45) is 5.27. The number of hydrogen-bond donors (Lipinski definition) is 1. The van der Waals surface area contributed by atoms with Crippen molar-refractivity contribution in [2.75, 3.05) is 13.6 Å². The van der Waals surface area contributed by atoms with Crippen LogP contribution in [0.15, 0.2) is 52.6 Å². The summed E-state index contributed by atoms with van der Waals surface area (Å²) in [6.45, 7) is 1.25. The molecule has 0 radical (unpaired) electrons. The number of alkyl halides is 2. The third-order valence-corrected chi connectivity index (χ3v) is 5.94. The summed E-state index contributed by atoms with van der Waals surface area (Å²) in [7, 11) is 2.14. The molecule has 1 amide bonds. The Bertz CT molecular complexity index is 985. The van der Waals surface area contributed by atoms with Gasteiger partial charge < -0.3 is 10.2 Å². The minimum Gasteiger partial charge on any atom is -0.341 e. The number of nitrogens with zero attached hydrogens (tertiary/aromatic N) is 1. The van der Waals surface area contributed by atoms with E-state index in [2.05, 4.69) is 29.1 Å². The summed E-state index contributed by atoms with van der Waals surface area (Å²) >= 11 is 12.5. The lowest BCUT2D eigenvalue weighted by molar-refractivity contribution is -0.115. The van der Waals surface area contributed by atoms with Gasteiger partial charge in [-0.25, -0.2) is 8.78 Å². The summed E-state index contributed by atoms with van der Waals surface area (Å²) in [4.78, 5) is 14.4. The Hall–Kier alpha value is -2.13. The van der Waals surface area contributed by atoms with Crippen LogP contribution >= 0.6 is 23.2 Å². The molecule has 164 valence electrons. The smallest absolute Gasteiger partial charge is 0.296 e. The fraction of sp³-hybridized carbons (Fsp3) is 0.375. The number of halogens is 4. The third kappa shape index (κ3) is 7.21. The first-order valence-corrected chi connectivity index (χ1v) is 10.9. The van der Waals surface area contributed by atoms with Gasteiger partial charge in [-0.2, -0.15) is 0 Å². The maximum atomic E-state index is 12.8.